The van der Waals surface area contributed by atoms with Crippen LogP contribution in [-0.2, 0) is 0 Å². The van der Waals surface area contributed by atoms with Crippen LogP contribution in [-0.4, -0.2) is 29.8 Å². The van der Waals surface area contributed by atoms with E-state index in [1.165, 1.54) is 19.3 Å². The molecular formula is C17H34N2O. The summed E-state index contributed by atoms with van der Waals surface area (Å²) in [6.07, 6.45) is 7.13. The van der Waals surface area contributed by atoms with Crippen LogP contribution in [0.15, 0.2) is 0 Å². The van der Waals surface area contributed by atoms with Gasteiger partial charge >= 0.3 is 0 Å². The minimum Gasteiger partial charge on any atom is -0.396 e. The summed E-state index contributed by atoms with van der Waals surface area (Å²) in [7, 11) is 0. The first kappa shape index (κ1) is 16.3. The first-order valence-electron chi connectivity index (χ1n) is 8.30. The van der Waals surface area contributed by atoms with Crippen molar-refractivity contribution in [2.24, 2.45) is 22.5 Å². The van der Waals surface area contributed by atoms with Gasteiger partial charge in [-0.3, -0.25) is 0 Å². The van der Waals surface area contributed by atoms with E-state index in [9.17, 15) is 5.11 Å². The van der Waals surface area contributed by atoms with Gasteiger partial charge in [-0.2, -0.15) is 0 Å². The van der Waals surface area contributed by atoms with Gasteiger partial charge in [-0.25, -0.2) is 0 Å². The Bertz CT molecular complexity index is 322. The van der Waals surface area contributed by atoms with Crippen LogP contribution in [0.1, 0.15) is 66.2 Å². The van der Waals surface area contributed by atoms with Gasteiger partial charge in [0, 0.05) is 24.7 Å². The molecule has 0 radical (unpaired) electrons. The van der Waals surface area contributed by atoms with Crippen molar-refractivity contribution in [1.82, 2.24) is 5.32 Å². The van der Waals surface area contributed by atoms with Crippen molar-refractivity contribution in [3.05, 3.63) is 0 Å². The number of rotatable bonds is 4. The van der Waals surface area contributed by atoms with E-state index in [0.29, 0.717) is 35.9 Å². The average molecular weight is 282 g/mol. The number of aliphatic hydroxyl groups is 1. The fourth-order valence-corrected chi connectivity index (χ4v) is 5.46. The normalized spacial score (nSPS) is 35.1. The summed E-state index contributed by atoms with van der Waals surface area (Å²) < 4.78 is 0. The number of hydrogen-bond acceptors (Lipinski definition) is 3. The predicted molar refractivity (Wildman–Crippen MR) is 84.5 cm³/mol. The largest absolute Gasteiger partial charge is 0.396 e. The SMILES string of the molecule is CC1(C)CC(C)(C)CC(CN)(NC2CCCC2CO)C1. The Morgan fingerprint density at radius 2 is 1.65 bits per heavy atom. The molecule has 3 heteroatoms. The van der Waals surface area contributed by atoms with Gasteiger partial charge in [-0.15, -0.1) is 0 Å². The third-order valence-electron chi connectivity index (χ3n) is 5.37. The van der Waals surface area contributed by atoms with Crippen LogP contribution in [0.25, 0.3) is 0 Å². The van der Waals surface area contributed by atoms with Gasteiger partial charge in [0.25, 0.3) is 0 Å². The summed E-state index contributed by atoms with van der Waals surface area (Å²) >= 11 is 0. The maximum Gasteiger partial charge on any atom is 0.0474 e. The van der Waals surface area contributed by atoms with E-state index in [2.05, 4.69) is 33.0 Å². The predicted octanol–water partition coefficient (Wildman–Crippen LogP) is 2.67. The van der Waals surface area contributed by atoms with Crippen molar-refractivity contribution < 1.29 is 5.11 Å². The van der Waals surface area contributed by atoms with Gasteiger partial charge in [0.2, 0.25) is 0 Å². The van der Waals surface area contributed by atoms with E-state index in [1.54, 1.807) is 0 Å². The molecule has 2 rings (SSSR count). The molecule has 2 unspecified atom stereocenters. The highest BCUT2D eigenvalue weighted by Gasteiger charge is 2.48. The summed E-state index contributed by atoms with van der Waals surface area (Å²) in [5.74, 6) is 0.423. The molecule has 118 valence electrons. The lowest BCUT2D eigenvalue weighted by Crippen LogP contribution is -2.62. The molecule has 2 aliphatic rings. The Morgan fingerprint density at radius 3 is 2.15 bits per heavy atom. The first-order valence-corrected chi connectivity index (χ1v) is 8.30. The first-order chi connectivity index (χ1) is 9.21. The fourth-order valence-electron chi connectivity index (χ4n) is 5.46. The molecule has 2 saturated carbocycles. The van der Waals surface area contributed by atoms with Crippen molar-refractivity contribution in [2.45, 2.75) is 77.8 Å². The Hall–Kier alpha value is -0.120. The van der Waals surface area contributed by atoms with Crippen LogP contribution < -0.4 is 11.1 Å². The highest BCUT2D eigenvalue weighted by Crippen LogP contribution is 2.50. The van der Waals surface area contributed by atoms with Crippen LogP contribution >= 0.6 is 0 Å². The zero-order chi connectivity index (χ0) is 15.0. The van der Waals surface area contributed by atoms with Crippen LogP contribution in [0.3, 0.4) is 0 Å². The standard InChI is InChI=1S/C17H34N2O/c1-15(2)9-16(3,4)11-17(10-15,12-18)19-14-7-5-6-13(14)8-20/h13-14,19-20H,5-12,18H2,1-4H3. The summed E-state index contributed by atoms with van der Waals surface area (Å²) in [4.78, 5) is 0. The maximum atomic E-state index is 9.56. The van der Waals surface area contributed by atoms with Gasteiger partial charge < -0.3 is 16.2 Å². The van der Waals surface area contributed by atoms with Crippen LogP contribution in [0.5, 0.6) is 0 Å². The average Bonchev–Trinajstić information content (AvgIpc) is 2.71. The molecule has 0 aromatic heterocycles. The fraction of sp³-hybridized carbons (Fsp3) is 1.00. The molecular weight excluding hydrogens is 248 g/mol. The van der Waals surface area contributed by atoms with Crippen molar-refractivity contribution in [3.63, 3.8) is 0 Å². The van der Waals surface area contributed by atoms with E-state index >= 15 is 0 Å². The summed E-state index contributed by atoms with van der Waals surface area (Å²) in [5, 5.41) is 13.5. The molecule has 2 aliphatic carbocycles. The maximum absolute atomic E-state index is 9.56. The molecule has 0 aromatic carbocycles. The smallest absolute Gasteiger partial charge is 0.0474 e. The Balaban J connectivity index is 2.16. The van der Waals surface area contributed by atoms with E-state index in [-0.39, 0.29) is 5.54 Å². The van der Waals surface area contributed by atoms with Gasteiger partial charge in [0.05, 0.1) is 0 Å². The van der Waals surface area contributed by atoms with Gasteiger partial charge in [0.1, 0.15) is 0 Å². The van der Waals surface area contributed by atoms with Gasteiger partial charge in [-0.1, -0.05) is 34.1 Å². The van der Waals surface area contributed by atoms with Crippen molar-refractivity contribution >= 4 is 0 Å². The minimum absolute atomic E-state index is 0.0493. The number of nitrogens with one attached hydrogen (secondary N) is 1. The molecule has 0 spiro atoms. The Labute approximate surface area is 124 Å². The van der Waals surface area contributed by atoms with Crippen molar-refractivity contribution in [1.29, 1.82) is 0 Å². The molecule has 0 saturated heterocycles. The topological polar surface area (TPSA) is 58.3 Å². The van der Waals surface area contributed by atoms with Gasteiger partial charge in [0.15, 0.2) is 0 Å². The second kappa shape index (κ2) is 5.58. The molecule has 2 atom stereocenters. The zero-order valence-electron chi connectivity index (χ0n) is 13.8. The van der Waals surface area contributed by atoms with Crippen molar-refractivity contribution in [2.75, 3.05) is 13.2 Å². The van der Waals surface area contributed by atoms with Crippen LogP contribution in [0.4, 0.5) is 0 Å². The lowest BCUT2D eigenvalue weighted by molar-refractivity contribution is 0.0210. The monoisotopic (exact) mass is 282 g/mol. The Kier molecular flexibility index (Phi) is 4.54. The molecule has 2 fully saturated rings. The molecule has 0 heterocycles. The summed E-state index contributed by atoms with van der Waals surface area (Å²) in [6.45, 7) is 10.5. The van der Waals surface area contributed by atoms with Crippen LogP contribution in [0, 0.1) is 16.7 Å². The number of nitrogens with two attached hydrogens (primary N) is 1. The second-order valence-corrected chi connectivity index (χ2v) is 8.97. The third kappa shape index (κ3) is 3.55. The van der Waals surface area contributed by atoms with E-state index in [1.807, 2.05) is 0 Å². The Morgan fingerprint density at radius 1 is 1.05 bits per heavy atom. The summed E-state index contributed by atoms with van der Waals surface area (Å²) in [5.41, 5.74) is 6.94. The molecule has 0 amide bonds. The number of aliphatic hydroxyl groups excluding tert-OH is 1. The van der Waals surface area contributed by atoms with E-state index in [4.69, 9.17) is 5.73 Å². The lowest BCUT2D eigenvalue weighted by atomic mass is 9.58. The third-order valence-corrected chi connectivity index (χ3v) is 5.37. The van der Waals surface area contributed by atoms with Gasteiger partial charge in [-0.05, 0) is 48.9 Å². The van der Waals surface area contributed by atoms with Crippen molar-refractivity contribution in [3.8, 4) is 0 Å². The lowest BCUT2D eigenvalue weighted by Gasteiger charge is -2.53. The molecule has 20 heavy (non-hydrogen) atoms. The molecule has 0 bridgehead atoms. The molecule has 0 aromatic rings. The van der Waals surface area contributed by atoms with E-state index < -0.39 is 0 Å². The second-order valence-electron chi connectivity index (χ2n) is 8.97. The quantitative estimate of drug-likeness (QED) is 0.743. The van der Waals surface area contributed by atoms with Crippen LogP contribution in [0.2, 0.25) is 0 Å². The zero-order valence-corrected chi connectivity index (χ0v) is 13.8. The minimum atomic E-state index is 0.0493. The van der Waals surface area contributed by atoms with E-state index in [0.717, 1.165) is 19.3 Å². The molecule has 4 N–H and O–H groups in total. The number of hydrogen-bond donors (Lipinski definition) is 3. The summed E-state index contributed by atoms with van der Waals surface area (Å²) in [6, 6.07) is 0.452. The highest BCUT2D eigenvalue weighted by atomic mass is 16.3. The molecule has 3 nitrogen and oxygen atoms in total. The highest BCUT2D eigenvalue weighted by molar-refractivity contribution is 5.05. The molecule has 0 aliphatic heterocycles.